The maximum absolute atomic E-state index is 5.72. The van der Waals surface area contributed by atoms with E-state index in [1.54, 1.807) is 24.0 Å². The van der Waals surface area contributed by atoms with Crippen molar-refractivity contribution < 1.29 is 0 Å². The Labute approximate surface area is 98.1 Å². The molecule has 3 nitrogen and oxygen atoms in total. The molecule has 0 bridgehead atoms. The summed E-state index contributed by atoms with van der Waals surface area (Å²) in [7, 11) is 0. The van der Waals surface area contributed by atoms with Crippen molar-refractivity contribution in [3.8, 4) is 0 Å². The zero-order valence-corrected chi connectivity index (χ0v) is 9.98. The SMILES string of the molecule is CC1(Cc2ccc(Cl)nc2)N=C(N)CS1. The molecule has 5 heteroatoms. The minimum Gasteiger partial charge on any atom is -0.387 e. The predicted molar refractivity (Wildman–Crippen MR) is 65.4 cm³/mol. The first kappa shape index (κ1) is 10.8. The predicted octanol–water partition coefficient (Wildman–Crippen LogP) is 2.10. The van der Waals surface area contributed by atoms with Crippen LogP contribution in [0.1, 0.15) is 12.5 Å². The van der Waals surface area contributed by atoms with E-state index in [-0.39, 0.29) is 4.87 Å². The van der Waals surface area contributed by atoms with Gasteiger partial charge in [-0.15, -0.1) is 11.8 Å². The maximum atomic E-state index is 5.72. The minimum absolute atomic E-state index is 0.139. The fraction of sp³-hybridized carbons (Fsp3) is 0.400. The molecule has 1 atom stereocenters. The van der Waals surface area contributed by atoms with Gasteiger partial charge < -0.3 is 5.73 Å². The zero-order valence-electron chi connectivity index (χ0n) is 8.40. The van der Waals surface area contributed by atoms with Crippen LogP contribution in [-0.4, -0.2) is 21.4 Å². The van der Waals surface area contributed by atoms with Crippen molar-refractivity contribution >= 4 is 29.2 Å². The lowest BCUT2D eigenvalue weighted by atomic mass is 10.1. The normalized spacial score (nSPS) is 25.3. The molecule has 15 heavy (non-hydrogen) atoms. The van der Waals surface area contributed by atoms with E-state index in [0.29, 0.717) is 5.15 Å². The molecule has 1 unspecified atom stereocenters. The first-order valence-corrected chi connectivity index (χ1v) is 6.02. The highest BCUT2D eigenvalue weighted by Gasteiger charge is 2.29. The highest BCUT2D eigenvalue weighted by atomic mass is 35.5. The van der Waals surface area contributed by atoms with E-state index < -0.39 is 0 Å². The highest BCUT2D eigenvalue weighted by Crippen LogP contribution is 2.34. The second-order valence-corrected chi connectivity index (χ2v) is 5.58. The lowest BCUT2D eigenvalue weighted by Crippen LogP contribution is -2.18. The molecule has 1 aromatic heterocycles. The van der Waals surface area contributed by atoms with Crippen molar-refractivity contribution in [1.82, 2.24) is 4.98 Å². The second kappa shape index (κ2) is 4.02. The Kier molecular flexibility index (Phi) is 2.89. The van der Waals surface area contributed by atoms with Gasteiger partial charge in [-0.05, 0) is 18.6 Å². The number of pyridine rings is 1. The molecule has 0 spiro atoms. The number of hydrogen-bond donors (Lipinski definition) is 1. The Morgan fingerprint density at radius 1 is 1.60 bits per heavy atom. The van der Waals surface area contributed by atoms with Crippen LogP contribution in [0, 0.1) is 0 Å². The molecule has 2 heterocycles. The average molecular weight is 242 g/mol. The molecule has 2 rings (SSSR count). The summed E-state index contributed by atoms with van der Waals surface area (Å²) in [6.45, 7) is 2.09. The number of halogens is 1. The van der Waals surface area contributed by atoms with Gasteiger partial charge in [-0.3, -0.25) is 4.99 Å². The molecule has 1 aliphatic heterocycles. The molecule has 0 saturated heterocycles. The molecule has 1 aromatic rings. The van der Waals surface area contributed by atoms with E-state index >= 15 is 0 Å². The third-order valence-electron chi connectivity index (χ3n) is 2.23. The minimum atomic E-state index is -0.139. The molecule has 0 aliphatic carbocycles. The van der Waals surface area contributed by atoms with Gasteiger partial charge >= 0.3 is 0 Å². The summed E-state index contributed by atoms with van der Waals surface area (Å²) in [6, 6.07) is 3.78. The van der Waals surface area contributed by atoms with Gasteiger partial charge in [0.05, 0.1) is 5.75 Å². The smallest absolute Gasteiger partial charge is 0.129 e. The van der Waals surface area contributed by atoms with Crippen LogP contribution in [-0.2, 0) is 6.42 Å². The van der Waals surface area contributed by atoms with Crippen LogP contribution in [0.15, 0.2) is 23.3 Å². The van der Waals surface area contributed by atoms with E-state index in [1.807, 2.05) is 6.07 Å². The third kappa shape index (κ3) is 2.63. The van der Waals surface area contributed by atoms with Gasteiger partial charge in [-0.2, -0.15) is 0 Å². The van der Waals surface area contributed by atoms with Crippen LogP contribution >= 0.6 is 23.4 Å². The molecule has 1 aliphatic rings. The van der Waals surface area contributed by atoms with Crippen LogP contribution in [0.2, 0.25) is 5.15 Å². The van der Waals surface area contributed by atoms with Gasteiger partial charge in [-0.25, -0.2) is 4.98 Å². The molecular formula is C10H12ClN3S. The molecular weight excluding hydrogens is 230 g/mol. The lowest BCUT2D eigenvalue weighted by Gasteiger charge is -2.18. The summed E-state index contributed by atoms with van der Waals surface area (Å²) < 4.78 is 0. The van der Waals surface area contributed by atoms with Crippen LogP contribution < -0.4 is 5.73 Å². The molecule has 2 N–H and O–H groups in total. The quantitative estimate of drug-likeness (QED) is 0.807. The number of amidine groups is 1. The fourth-order valence-corrected chi connectivity index (χ4v) is 2.66. The van der Waals surface area contributed by atoms with Crippen molar-refractivity contribution in [2.45, 2.75) is 18.2 Å². The monoisotopic (exact) mass is 241 g/mol. The van der Waals surface area contributed by atoms with Crippen molar-refractivity contribution in [3.63, 3.8) is 0 Å². The van der Waals surface area contributed by atoms with Gasteiger partial charge in [0.1, 0.15) is 15.9 Å². The number of rotatable bonds is 2. The van der Waals surface area contributed by atoms with E-state index in [2.05, 4.69) is 16.9 Å². The van der Waals surface area contributed by atoms with Gasteiger partial charge in [-0.1, -0.05) is 17.7 Å². The molecule has 0 amide bonds. The number of nitrogens with two attached hydrogens (primary N) is 1. The number of hydrogen-bond acceptors (Lipinski definition) is 4. The number of aliphatic imine (C=N–C) groups is 1. The second-order valence-electron chi connectivity index (χ2n) is 3.73. The van der Waals surface area contributed by atoms with Crippen LogP contribution in [0.4, 0.5) is 0 Å². The molecule has 0 aromatic carbocycles. The summed E-state index contributed by atoms with van der Waals surface area (Å²) in [6.07, 6.45) is 2.63. The first-order valence-electron chi connectivity index (χ1n) is 4.66. The van der Waals surface area contributed by atoms with Gasteiger partial charge in [0.2, 0.25) is 0 Å². The third-order valence-corrected chi connectivity index (χ3v) is 3.75. The van der Waals surface area contributed by atoms with Gasteiger partial charge in [0.25, 0.3) is 0 Å². The van der Waals surface area contributed by atoms with Crippen LogP contribution in [0.25, 0.3) is 0 Å². The lowest BCUT2D eigenvalue weighted by molar-refractivity contribution is 0.682. The Bertz CT molecular complexity index is 390. The topological polar surface area (TPSA) is 51.3 Å². The Morgan fingerprint density at radius 3 is 2.93 bits per heavy atom. The molecule has 80 valence electrons. The molecule has 0 saturated carbocycles. The molecule has 0 fully saturated rings. The maximum Gasteiger partial charge on any atom is 0.129 e. The number of nitrogens with zero attached hydrogens (tertiary/aromatic N) is 2. The van der Waals surface area contributed by atoms with Gasteiger partial charge in [0.15, 0.2) is 0 Å². The van der Waals surface area contributed by atoms with Crippen molar-refractivity contribution in [2.24, 2.45) is 10.7 Å². The van der Waals surface area contributed by atoms with E-state index in [0.717, 1.165) is 23.6 Å². The van der Waals surface area contributed by atoms with E-state index in [9.17, 15) is 0 Å². The Morgan fingerprint density at radius 2 is 2.40 bits per heavy atom. The number of thioether (sulfide) groups is 1. The summed E-state index contributed by atoms with van der Waals surface area (Å²) in [5.41, 5.74) is 6.81. The fourth-order valence-electron chi connectivity index (χ4n) is 1.58. The van der Waals surface area contributed by atoms with Crippen molar-refractivity contribution in [2.75, 3.05) is 5.75 Å². The number of aromatic nitrogens is 1. The van der Waals surface area contributed by atoms with Crippen LogP contribution in [0.5, 0.6) is 0 Å². The van der Waals surface area contributed by atoms with Gasteiger partial charge in [0, 0.05) is 12.6 Å². The molecule has 0 radical (unpaired) electrons. The summed E-state index contributed by atoms with van der Waals surface area (Å²) in [5, 5.41) is 0.519. The average Bonchev–Trinajstić information content (AvgIpc) is 2.50. The largest absolute Gasteiger partial charge is 0.387 e. The van der Waals surface area contributed by atoms with E-state index in [1.165, 1.54) is 0 Å². The van der Waals surface area contributed by atoms with Crippen LogP contribution in [0.3, 0.4) is 0 Å². The summed E-state index contributed by atoms with van der Waals surface area (Å²) in [5.74, 6) is 1.54. The van der Waals surface area contributed by atoms with E-state index in [4.69, 9.17) is 17.3 Å². The summed E-state index contributed by atoms with van der Waals surface area (Å²) >= 11 is 7.48. The standard InChI is InChI=1S/C10H12ClN3S/c1-10(14-9(12)6-15-10)4-7-2-3-8(11)13-5-7/h2-3,5H,4,6H2,1H3,(H2,12,14). The zero-order chi connectivity index (χ0) is 10.9. The Hall–Kier alpha value is -0.740. The van der Waals surface area contributed by atoms with Crippen molar-refractivity contribution in [1.29, 1.82) is 0 Å². The highest BCUT2D eigenvalue weighted by molar-refractivity contribution is 8.01. The van der Waals surface area contributed by atoms with Crippen molar-refractivity contribution in [3.05, 3.63) is 29.0 Å². The first-order chi connectivity index (χ1) is 7.07. The summed E-state index contributed by atoms with van der Waals surface area (Å²) in [4.78, 5) is 8.34. The Balaban J connectivity index is 2.12.